The Labute approximate surface area is 545 Å². The van der Waals surface area contributed by atoms with Crippen LogP contribution in [0.25, 0.3) is 20.2 Å². The third-order valence-corrected chi connectivity index (χ3v) is 20.4. The fourth-order valence-electron chi connectivity index (χ4n) is 15.5. The molecule has 0 saturated heterocycles. The van der Waals surface area contributed by atoms with Crippen LogP contribution in [-0.2, 0) is 0 Å². The molecule has 9 heteroatoms. The van der Waals surface area contributed by atoms with Crippen LogP contribution in [0.5, 0.6) is 0 Å². The van der Waals surface area contributed by atoms with Crippen LogP contribution in [0.3, 0.4) is 0 Å². The molecule has 4 aliphatic rings. The molecule has 0 N–H and O–H groups in total. The topological polar surface area (TPSA) is 19.4 Å². The summed E-state index contributed by atoms with van der Waals surface area (Å²) in [6, 6.07) is 126. The van der Waals surface area contributed by atoms with Gasteiger partial charge in [-0.1, -0.05) is 194 Å². The van der Waals surface area contributed by atoms with Crippen molar-refractivity contribution in [1.29, 1.82) is 0 Å². The Morgan fingerprint density at radius 3 is 0.774 bits per heavy atom. The second-order valence-electron chi connectivity index (χ2n) is 24.4. The largest absolute Gasteiger partial charge is 0.311 e. The summed E-state index contributed by atoms with van der Waals surface area (Å²) in [6.07, 6.45) is 0. The summed E-state index contributed by atoms with van der Waals surface area (Å²) in [5.41, 5.74) is 27.9. The van der Waals surface area contributed by atoms with Crippen molar-refractivity contribution in [3.8, 4) is 0 Å². The van der Waals surface area contributed by atoms with E-state index in [1.54, 1.807) is 0 Å². The van der Waals surface area contributed by atoms with Crippen molar-refractivity contribution in [2.75, 3.05) is 29.4 Å². The van der Waals surface area contributed by atoms with E-state index in [1.165, 1.54) is 75.7 Å². The van der Waals surface area contributed by atoms with Crippen LogP contribution in [-0.4, -0.2) is 13.4 Å². The minimum absolute atomic E-state index is 0.105. The Kier molecular flexibility index (Phi) is 12.2. The molecule has 19 rings (SSSR count). The lowest BCUT2D eigenvalue weighted by Gasteiger charge is -2.45. The molecule has 0 unspecified atom stereocenters. The van der Waals surface area contributed by atoms with Gasteiger partial charge in [0, 0.05) is 100 Å². The normalized spacial score (nSPS) is 13.0. The number of rotatable bonds is 10. The highest BCUT2D eigenvalue weighted by Crippen LogP contribution is 2.53. The number of benzene rings is 14. The molecule has 0 atom stereocenters. The molecule has 6 nitrogen and oxygen atoms in total. The summed E-state index contributed by atoms with van der Waals surface area (Å²) >= 11 is 1.90. The Balaban J connectivity index is 0.884. The van der Waals surface area contributed by atoms with E-state index in [4.69, 9.17) is 0 Å². The molecule has 434 valence electrons. The molecular formula is C84H56B2N6S. The molecule has 0 saturated carbocycles. The van der Waals surface area contributed by atoms with Crippen LogP contribution < -0.4 is 62.2 Å². The molecule has 0 aliphatic carbocycles. The van der Waals surface area contributed by atoms with E-state index < -0.39 is 0 Å². The van der Waals surface area contributed by atoms with E-state index in [0.29, 0.717) is 0 Å². The number of thiophene rings is 1. The third-order valence-electron chi connectivity index (χ3n) is 19.3. The number of hydrogen-bond donors (Lipinski definition) is 0. The molecule has 4 aliphatic heterocycles. The highest BCUT2D eigenvalue weighted by Gasteiger charge is 2.47. The predicted octanol–water partition coefficient (Wildman–Crippen LogP) is 19.2. The van der Waals surface area contributed by atoms with Crippen molar-refractivity contribution in [2.24, 2.45) is 0 Å². The van der Waals surface area contributed by atoms with Gasteiger partial charge in [-0.2, -0.15) is 0 Å². The first-order chi connectivity index (χ1) is 46.2. The molecular weight excluding hydrogens is 1150 g/mol. The second-order valence-corrected chi connectivity index (χ2v) is 25.5. The van der Waals surface area contributed by atoms with Gasteiger partial charge in [-0.15, -0.1) is 11.3 Å². The van der Waals surface area contributed by atoms with E-state index in [0.717, 1.165) is 79.6 Å². The monoisotopic (exact) mass is 1200 g/mol. The van der Waals surface area contributed by atoms with Gasteiger partial charge in [-0.3, -0.25) is 0 Å². The van der Waals surface area contributed by atoms with Gasteiger partial charge in [0.05, 0.1) is 11.4 Å². The number of fused-ring (bicyclic) bond motifs is 11. The van der Waals surface area contributed by atoms with Crippen LogP contribution in [0.4, 0.5) is 102 Å². The van der Waals surface area contributed by atoms with Crippen LogP contribution in [0.1, 0.15) is 0 Å². The lowest BCUT2D eigenvalue weighted by molar-refractivity contribution is 1.23. The van der Waals surface area contributed by atoms with Crippen molar-refractivity contribution in [3.63, 3.8) is 0 Å². The first-order valence-corrected chi connectivity index (χ1v) is 32.8. The van der Waals surface area contributed by atoms with E-state index in [1.807, 2.05) is 11.3 Å². The van der Waals surface area contributed by atoms with Crippen molar-refractivity contribution in [1.82, 2.24) is 0 Å². The van der Waals surface area contributed by atoms with Gasteiger partial charge in [0.2, 0.25) is 0 Å². The average Bonchev–Trinajstić information content (AvgIpc) is 0.995. The zero-order chi connectivity index (χ0) is 61.1. The molecule has 1 aromatic heterocycles. The zero-order valence-electron chi connectivity index (χ0n) is 50.6. The summed E-state index contributed by atoms with van der Waals surface area (Å²) in [5, 5.41) is 2.52. The molecule has 0 radical (unpaired) electrons. The van der Waals surface area contributed by atoms with Gasteiger partial charge < -0.3 is 29.4 Å². The van der Waals surface area contributed by atoms with E-state index in [-0.39, 0.29) is 13.4 Å². The molecule has 14 aromatic carbocycles. The molecule has 0 amide bonds. The summed E-state index contributed by atoms with van der Waals surface area (Å²) < 4.78 is 2.48. The zero-order valence-corrected chi connectivity index (χ0v) is 51.4. The summed E-state index contributed by atoms with van der Waals surface area (Å²) in [5.74, 6) is 0. The minimum Gasteiger partial charge on any atom is -0.311 e. The minimum atomic E-state index is -0.105. The van der Waals surface area contributed by atoms with Gasteiger partial charge in [0.1, 0.15) is 0 Å². The molecule has 0 bridgehead atoms. The molecule has 0 spiro atoms. The maximum atomic E-state index is 2.59. The standard InChI is InChI=1S/C84H56B2N6S/c1-9-29-57(30-10-1)87(58-31-11-2-12-32-58)65-49-77-83-79(51-65)91(63-41-21-7-22-42-63)75-55-81-67(53-71(75)85(83)69-45-25-27-47-73(69)89(77)61-37-17-5-18-38-61)68-54-72-76(56-82(68)93-81)92(64-43-23-8-24-44-64)80-52-66(88(59-33-13-3-14-34-59)60-35-15-4-16-36-60)50-78-84(80)86(72)70-46-26-28-48-74(70)90(78)62-39-19-6-20-40-62/h1-56H. The number of nitrogens with zero attached hydrogens (tertiary/aromatic N) is 6. The molecule has 15 aromatic rings. The maximum Gasteiger partial charge on any atom is 0.252 e. The SMILES string of the molecule is c1ccc(N(c2ccccc2)c2cc3c4c(c2)N(c2ccccc2)c2cc5sc6cc7c(cc6c5cc2B4c2ccccc2N3c2ccccc2)B2c3ccccc3N(c3ccccc3)c3cc(N(c4ccccc4)c4ccccc4)cc(c32)N7c2ccccc2)cc1. The number of hydrogen-bond acceptors (Lipinski definition) is 7. The van der Waals surface area contributed by atoms with Gasteiger partial charge in [-0.25, -0.2) is 0 Å². The van der Waals surface area contributed by atoms with E-state index in [9.17, 15) is 0 Å². The third kappa shape index (κ3) is 8.37. The van der Waals surface area contributed by atoms with Gasteiger partial charge in [0.15, 0.2) is 0 Å². The van der Waals surface area contributed by atoms with Crippen LogP contribution >= 0.6 is 11.3 Å². The summed E-state index contributed by atoms with van der Waals surface area (Å²) in [4.78, 5) is 15.0. The summed E-state index contributed by atoms with van der Waals surface area (Å²) in [6.45, 7) is -0.210. The van der Waals surface area contributed by atoms with Crippen molar-refractivity contribution < 1.29 is 0 Å². The highest BCUT2D eigenvalue weighted by molar-refractivity contribution is 7.26. The first kappa shape index (κ1) is 53.1. The van der Waals surface area contributed by atoms with E-state index >= 15 is 0 Å². The first-order valence-electron chi connectivity index (χ1n) is 32.0. The fraction of sp³-hybridized carbons (Fsp3) is 0. The molecule has 5 heterocycles. The second kappa shape index (κ2) is 21.4. The van der Waals surface area contributed by atoms with Crippen molar-refractivity contribution >= 4 is 180 Å². The van der Waals surface area contributed by atoms with Crippen molar-refractivity contribution in [2.45, 2.75) is 0 Å². The fourth-order valence-corrected chi connectivity index (χ4v) is 16.6. The Bertz CT molecular complexity index is 4960. The van der Waals surface area contributed by atoms with Crippen LogP contribution in [0.2, 0.25) is 0 Å². The van der Waals surface area contributed by atoms with Crippen molar-refractivity contribution in [3.05, 3.63) is 340 Å². The molecule has 93 heavy (non-hydrogen) atoms. The summed E-state index contributed by atoms with van der Waals surface area (Å²) in [7, 11) is 0. The van der Waals surface area contributed by atoms with Gasteiger partial charge in [0.25, 0.3) is 13.4 Å². The molecule has 0 fully saturated rings. The smallest absolute Gasteiger partial charge is 0.252 e. The van der Waals surface area contributed by atoms with Crippen LogP contribution in [0, 0.1) is 0 Å². The van der Waals surface area contributed by atoms with Gasteiger partial charge in [-0.05, 0) is 189 Å². The Morgan fingerprint density at radius 2 is 0.473 bits per heavy atom. The maximum absolute atomic E-state index is 2.59. The highest BCUT2D eigenvalue weighted by atomic mass is 32.1. The Morgan fingerprint density at radius 1 is 0.215 bits per heavy atom. The average molecular weight is 1200 g/mol. The number of para-hydroxylation sites is 10. The lowest BCUT2D eigenvalue weighted by atomic mass is 9.33. The predicted molar refractivity (Wildman–Crippen MR) is 397 cm³/mol. The lowest BCUT2D eigenvalue weighted by Crippen LogP contribution is -2.61. The van der Waals surface area contributed by atoms with Crippen LogP contribution in [0.15, 0.2) is 340 Å². The quantitative estimate of drug-likeness (QED) is 0.126. The number of anilines is 18. The Hall–Kier alpha value is -11.8. The van der Waals surface area contributed by atoms with Gasteiger partial charge >= 0.3 is 0 Å². The van der Waals surface area contributed by atoms with E-state index in [2.05, 4.69) is 369 Å².